The number of aliphatic hydroxyl groups excluding tert-OH is 1. The molecule has 2 bridgehead atoms. The molecule has 3 saturated heterocycles. The minimum atomic E-state index is -1.09. The summed E-state index contributed by atoms with van der Waals surface area (Å²) in [5, 5.41) is 18.9. The Morgan fingerprint density at radius 1 is 1.48 bits per heavy atom. The number of fused-ring (bicyclic) bond motifs is 1. The number of carboxylic acids is 1. The van der Waals surface area contributed by atoms with Crippen LogP contribution in [0.1, 0.15) is 33.1 Å². The van der Waals surface area contributed by atoms with Crippen LogP contribution in [-0.4, -0.2) is 81.3 Å². The minimum Gasteiger partial charge on any atom is -0.481 e. The highest BCUT2D eigenvalue weighted by Gasteiger charge is 2.74. The second-order valence-corrected chi connectivity index (χ2v) is 7.88. The van der Waals surface area contributed by atoms with Crippen molar-refractivity contribution < 1.29 is 29.3 Å². The van der Waals surface area contributed by atoms with Gasteiger partial charge in [0.15, 0.2) is 0 Å². The first-order chi connectivity index (χ1) is 12.8. The van der Waals surface area contributed by atoms with E-state index in [-0.39, 0.29) is 31.0 Å². The van der Waals surface area contributed by atoms with Crippen LogP contribution < -0.4 is 0 Å². The van der Waals surface area contributed by atoms with Gasteiger partial charge in [0.1, 0.15) is 11.6 Å². The van der Waals surface area contributed by atoms with Gasteiger partial charge >= 0.3 is 5.97 Å². The van der Waals surface area contributed by atoms with Gasteiger partial charge in [-0.05, 0) is 33.1 Å². The van der Waals surface area contributed by atoms with Crippen molar-refractivity contribution in [2.45, 2.75) is 56.9 Å². The SMILES string of the molecule is C=CCN(C(=O)C1N(CCCO)C(=O)[C@@H]2[C@@H](C(=O)O)[C@H]3CCC12O3)C(C)C. The molecule has 1 spiro atoms. The summed E-state index contributed by atoms with van der Waals surface area (Å²) in [5.41, 5.74) is -1.09. The highest BCUT2D eigenvalue weighted by Crippen LogP contribution is 2.58. The zero-order valence-corrected chi connectivity index (χ0v) is 15.8. The number of carboxylic acid groups (broad SMARTS) is 1. The third kappa shape index (κ3) is 2.86. The van der Waals surface area contributed by atoms with Crippen LogP contribution in [0.15, 0.2) is 12.7 Å². The molecular weight excluding hydrogens is 352 g/mol. The van der Waals surface area contributed by atoms with Crippen LogP contribution >= 0.6 is 0 Å². The number of carbonyl (C=O) groups excluding carboxylic acids is 2. The highest BCUT2D eigenvalue weighted by atomic mass is 16.5. The van der Waals surface area contributed by atoms with E-state index in [0.29, 0.717) is 25.8 Å². The normalized spacial score (nSPS) is 34.2. The summed E-state index contributed by atoms with van der Waals surface area (Å²) >= 11 is 0. The van der Waals surface area contributed by atoms with Crippen LogP contribution in [0.2, 0.25) is 0 Å². The molecule has 3 fully saturated rings. The van der Waals surface area contributed by atoms with E-state index in [0.717, 1.165) is 0 Å². The van der Waals surface area contributed by atoms with Crippen molar-refractivity contribution in [3.05, 3.63) is 12.7 Å². The molecule has 0 saturated carbocycles. The number of ether oxygens (including phenoxy) is 1. The lowest BCUT2D eigenvalue weighted by molar-refractivity contribution is -0.151. The largest absolute Gasteiger partial charge is 0.481 e. The zero-order chi connectivity index (χ0) is 19.9. The minimum absolute atomic E-state index is 0.102. The second-order valence-electron chi connectivity index (χ2n) is 7.88. The summed E-state index contributed by atoms with van der Waals surface area (Å²) < 4.78 is 6.10. The Labute approximate surface area is 158 Å². The smallest absolute Gasteiger partial charge is 0.310 e. The number of likely N-dealkylation sites (tertiary alicyclic amines) is 1. The van der Waals surface area contributed by atoms with Gasteiger partial charge in [0.2, 0.25) is 11.8 Å². The monoisotopic (exact) mass is 380 g/mol. The van der Waals surface area contributed by atoms with Crippen LogP contribution in [0.25, 0.3) is 0 Å². The molecule has 3 aliphatic heterocycles. The van der Waals surface area contributed by atoms with Crippen molar-refractivity contribution in [2.24, 2.45) is 11.8 Å². The number of nitrogens with zero attached hydrogens (tertiary/aromatic N) is 2. The maximum Gasteiger partial charge on any atom is 0.310 e. The molecule has 0 radical (unpaired) electrons. The van der Waals surface area contributed by atoms with E-state index in [1.165, 1.54) is 4.90 Å². The van der Waals surface area contributed by atoms with E-state index in [2.05, 4.69) is 6.58 Å². The predicted octanol–water partition coefficient (Wildman–Crippen LogP) is 0.251. The molecule has 0 aliphatic carbocycles. The molecule has 2 N–H and O–H groups in total. The molecule has 3 rings (SSSR count). The van der Waals surface area contributed by atoms with Gasteiger partial charge in [-0.2, -0.15) is 0 Å². The van der Waals surface area contributed by atoms with Crippen LogP contribution in [-0.2, 0) is 19.1 Å². The fraction of sp³-hybridized carbons (Fsp3) is 0.737. The Kier molecular flexibility index (Phi) is 5.31. The van der Waals surface area contributed by atoms with Gasteiger partial charge < -0.3 is 24.7 Å². The van der Waals surface area contributed by atoms with Crippen LogP contribution in [0.5, 0.6) is 0 Å². The van der Waals surface area contributed by atoms with E-state index in [1.54, 1.807) is 11.0 Å². The van der Waals surface area contributed by atoms with Crippen LogP contribution in [0.4, 0.5) is 0 Å². The average molecular weight is 380 g/mol. The van der Waals surface area contributed by atoms with Gasteiger partial charge in [0.05, 0.1) is 17.9 Å². The molecule has 0 aromatic heterocycles. The van der Waals surface area contributed by atoms with E-state index in [9.17, 15) is 24.6 Å². The molecular formula is C19H28N2O6. The molecule has 27 heavy (non-hydrogen) atoms. The molecule has 8 nitrogen and oxygen atoms in total. The molecule has 2 amide bonds. The van der Waals surface area contributed by atoms with Gasteiger partial charge in [0.25, 0.3) is 0 Å². The van der Waals surface area contributed by atoms with E-state index >= 15 is 0 Å². The number of hydrogen-bond donors (Lipinski definition) is 2. The fourth-order valence-corrected chi connectivity index (χ4v) is 5.05. The van der Waals surface area contributed by atoms with Gasteiger partial charge in [-0.15, -0.1) is 6.58 Å². The summed E-state index contributed by atoms with van der Waals surface area (Å²) in [6.45, 7) is 7.90. The molecule has 150 valence electrons. The molecule has 0 aromatic carbocycles. The Morgan fingerprint density at radius 2 is 2.19 bits per heavy atom. The quantitative estimate of drug-likeness (QED) is 0.585. The number of aliphatic carboxylic acids is 1. The van der Waals surface area contributed by atoms with Crippen molar-refractivity contribution in [2.75, 3.05) is 19.7 Å². The number of hydrogen-bond acceptors (Lipinski definition) is 5. The first-order valence-corrected chi connectivity index (χ1v) is 9.53. The summed E-state index contributed by atoms with van der Waals surface area (Å²) in [5.74, 6) is -3.42. The highest BCUT2D eigenvalue weighted by molar-refractivity contribution is 5.98. The average Bonchev–Trinajstić information content (AvgIpc) is 3.24. The third-order valence-electron chi connectivity index (χ3n) is 6.11. The lowest BCUT2D eigenvalue weighted by Gasteiger charge is -2.38. The summed E-state index contributed by atoms with van der Waals surface area (Å²) in [6.07, 6.45) is 2.45. The van der Waals surface area contributed by atoms with Crippen molar-refractivity contribution in [3.8, 4) is 0 Å². The Balaban J connectivity index is 2.03. The summed E-state index contributed by atoms with van der Waals surface area (Å²) in [7, 11) is 0. The van der Waals surface area contributed by atoms with Crippen LogP contribution in [0.3, 0.4) is 0 Å². The summed E-state index contributed by atoms with van der Waals surface area (Å²) in [6, 6.07) is -0.965. The number of carbonyl (C=O) groups is 3. The predicted molar refractivity (Wildman–Crippen MR) is 95.7 cm³/mol. The first-order valence-electron chi connectivity index (χ1n) is 9.53. The van der Waals surface area contributed by atoms with Gasteiger partial charge in [-0.25, -0.2) is 0 Å². The van der Waals surface area contributed by atoms with Crippen LogP contribution in [0, 0.1) is 11.8 Å². The Hall–Kier alpha value is -1.93. The Morgan fingerprint density at radius 3 is 2.74 bits per heavy atom. The second kappa shape index (κ2) is 7.24. The first kappa shape index (κ1) is 19.8. The molecule has 2 unspecified atom stereocenters. The lowest BCUT2D eigenvalue weighted by Crippen LogP contribution is -2.57. The van der Waals surface area contributed by atoms with Gasteiger partial charge in [-0.3, -0.25) is 14.4 Å². The van der Waals surface area contributed by atoms with Crippen molar-refractivity contribution in [1.82, 2.24) is 9.80 Å². The van der Waals surface area contributed by atoms with Crippen molar-refractivity contribution >= 4 is 17.8 Å². The van der Waals surface area contributed by atoms with Crippen molar-refractivity contribution in [1.29, 1.82) is 0 Å². The molecule has 8 heteroatoms. The maximum atomic E-state index is 13.5. The molecule has 0 aromatic rings. The zero-order valence-electron chi connectivity index (χ0n) is 15.8. The number of amides is 2. The third-order valence-corrected chi connectivity index (χ3v) is 6.11. The van der Waals surface area contributed by atoms with Gasteiger partial charge in [0, 0.05) is 25.7 Å². The molecule has 3 heterocycles. The lowest BCUT2D eigenvalue weighted by atomic mass is 9.70. The number of rotatable bonds is 8. The summed E-state index contributed by atoms with van der Waals surface area (Å²) in [4.78, 5) is 41.6. The van der Waals surface area contributed by atoms with Crippen molar-refractivity contribution in [3.63, 3.8) is 0 Å². The van der Waals surface area contributed by atoms with E-state index < -0.39 is 35.6 Å². The topological polar surface area (TPSA) is 107 Å². The maximum absolute atomic E-state index is 13.5. The Bertz CT molecular complexity index is 650. The van der Waals surface area contributed by atoms with E-state index in [4.69, 9.17) is 4.74 Å². The van der Waals surface area contributed by atoms with Gasteiger partial charge in [-0.1, -0.05) is 6.08 Å². The number of aliphatic hydroxyl groups is 1. The standard InChI is InChI=1S/C19H28N2O6/c1-4-8-20(11(2)3)17(24)15-19-7-6-12(27-19)13(18(25)26)14(19)16(23)21(15)9-5-10-22/h4,11-15,22H,1,5-10H2,2-3H3,(H,25,26)/t12-,13+,14+,15?,19?/m1/s1. The fourth-order valence-electron chi connectivity index (χ4n) is 5.05. The van der Waals surface area contributed by atoms with E-state index in [1.807, 2.05) is 13.8 Å². The molecule has 5 atom stereocenters. The molecule has 3 aliphatic rings.